The fourth-order valence-electron chi connectivity index (χ4n) is 2.25. The minimum atomic E-state index is -0.476. The van der Waals surface area contributed by atoms with E-state index < -0.39 is 5.82 Å². The minimum absolute atomic E-state index is 0.0976. The van der Waals surface area contributed by atoms with Crippen molar-refractivity contribution in [2.75, 3.05) is 18.4 Å². The van der Waals surface area contributed by atoms with Crippen LogP contribution in [0, 0.1) is 11.7 Å². The first-order chi connectivity index (χ1) is 10.0. The molecule has 21 heavy (non-hydrogen) atoms. The molecule has 1 fully saturated rings. The van der Waals surface area contributed by atoms with Crippen LogP contribution in [-0.4, -0.2) is 34.9 Å². The molecule has 1 aliphatic rings. The maximum atomic E-state index is 13.5. The molecule has 2 rings (SSSR count). The highest BCUT2D eigenvalue weighted by molar-refractivity contribution is 5.99. The predicted molar refractivity (Wildman–Crippen MR) is 81.9 cm³/mol. The fourth-order valence-corrected chi connectivity index (χ4v) is 2.25. The molecule has 0 saturated heterocycles. The largest absolute Gasteiger partial charge is 0.369 e. The first-order valence-corrected chi connectivity index (χ1v) is 7.73. The number of carbonyl (C=O) groups is 1. The second kappa shape index (κ2) is 6.87. The molecule has 5 heteroatoms. The van der Waals surface area contributed by atoms with Gasteiger partial charge >= 0.3 is 0 Å². The van der Waals surface area contributed by atoms with Crippen molar-refractivity contribution in [3.63, 3.8) is 0 Å². The number of nitrogens with zero attached hydrogens (tertiary/aromatic N) is 2. The summed E-state index contributed by atoms with van der Waals surface area (Å²) < 4.78 is 13.5. The highest BCUT2D eigenvalue weighted by Gasteiger charge is 2.30. The molecule has 0 atom stereocenters. The molecule has 0 radical (unpaired) electrons. The molecule has 1 heterocycles. The molecule has 116 valence electrons. The van der Waals surface area contributed by atoms with Crippen LogP contribution in [0.2, 0.25) is 0 Å². The van der Waals surface area contributed by atoms with E-state index in [4.69, 9.17) is 0 Å². The van der Waals surface area contributed by atoms with Gasteiger partial charge in [-0.15, -0.1) is 0 Å². The van der Waals surface area contributed by atoms with Crippen LogP contribution < -0.4 is 5.32 Å². The lowest BCUT2D eigenvalue weighted by Gasteiger charge is -2.27. The first-order valence-electron chi connectivity index (χ1n) is 7.73. The van der Waals surface area contributed by atoms with Crippen LogP contribution >= 0.6 is 0 Å². The summed E-state index contributed by atoms with van der Waals surface area (Å²) in [5.74, 6) is 0.465. The standard InChI is InChI=1S/C16H24FN3O/c1-4-7-18-15-14(8-13(17)9-19-15)16(21)20(11(2)3)10-12-5-6-12/h8-9,11-12H,4-7,10H2,1-3H3,(H,18,19). The van der Waals surface area contributed by atoms with Crippen LogP contribution in [0.5, 0.6) is 0 Å². The third-order valence-electron chi connectivity index (χ3n) is 3.66. The fraction of sp³-hybridized carbons (Fsp3) is 0.625. The Bertz CT molecular complexity index is 500. The van der Waals surface area contributed by atoms with Crippen molar-refractivity contribution in [3.05, 3.63) is 23.6 Å². The van der Waals surface area contributed by atoms with E-state index in [-0.39, 0.29) is 11.9 Å². The zero-order valence-corrected chi connectivity index (χ0v) is 13.0. The third-order valence-corrected chi connectivity index (χ3v) is 3.66. The summed E-state index contributed by atoms with van der Waals surface area (Å²) in [6.07, 6.45) is 4.43. The molecular formula is C16H24FN3O. The molecular weight excluding hydrogens is 269 g/mol. The Hall–Kier alpha value is -1.65. The van der Waals surface area contributed by atoms with Gasteiger partial charge < -0.3 is 10.2 Å². The van der Waals surface area contributed by atoms with E-state index in [0.717, 1.165) is 19.2 Å². The maximum absolute atomic E-state index is 13.5. The number of amides is 1. The lowest BCUT2D eigenvalue weighted by Crippen LogP contribution is -2.39. The van der Waals surface area contributed by atoms with E-state index in [1.807, 2.05) is 25.7 Å². The second-order valence-electron chi connectivity index (χ2n) is 5.97. The van der Waals surface area contributed by atoms with Gasteiger partial charge in [0.05, 0.1) is 11.8 Å². The quantitative estimate of drug-likeness (QED) is 0.839. The van der Waals surface area contributed by atoms with Crippen LogP contribution in [0.25, 0.3) is 0 Å². The number of carbonyl (C=O) groups excluding carboxylic acids is 1. The second-order valence-corrected chi connectivity index (χ2v) is 5.97. The summed E-state index contributed by atoms with van der Waals surface area (Å²) in [6.45, 7) is 7.48. The number of rotatable bonds is 7. The van der Waals surface area contributed by atoms with Crippen molar-refractivity contribution < 1.29 is 9.18 Å². The number of anilines is 1. The number of halogens is 1. The summed E-state index contributed by atoms with van der Waals surface area (Å²) >= 11 is 0. The maximum Gasteiger partial charge on any atom is 0.257 e. The van der Waals surface area contributed by atoms with Crippen LogP contribution in [0.1, 0.15) is 50.4 Å². The Morgan fingerprint density at radius 2 is 2.24 bits per heavy atom. The van der Waals surface area contributed by atoms with Crippen LogP contribution in [0.4, 0.5) is 10.2 Å². The molecule has 1 aromatic rings. The lowest BCUT2D eigenvalue weighted by molar-refractivity contribution is 0.0696. The smallest absolute Gasteiger partial charge is 0.257 e. The topological polar surface area (TPSA) is 45.2 Å². The summed E-state index contributed by atoms with van der Waals surface area (Å²) in [6, 6.07) is 1.38. The third kappa shape index (κ3) is 4.16. The van der Waals surface area contributed by atoms with Crippen molar-refractivity contribution >= 4 is 11.7 Å². The average Bonchev–Trinajstić information content (AvgIpc) is 3.26. The van der Waals surface area contributed by atoms with E-state index >= 15 is 0 Å². The van der Waals surface area contributed by atoms with Crippen molar-refractivity contribution in [1.82, 2.24) is 9.88 Å². The van der Waals surface area contributed by atoms with E-state index in [1.54, 1.807) is 0 Å². The van der Waals surface area contributed by atoms with Gasteiger partial charge in [-0.05, 0) is 45.1 Å². The van der Waals surface area contributed by atoms with Gasteiger partial charge in [0, 0.05) is 19.1 Å². The Labute approximate surface area is 125 Å². The molecule has 1 N–H and O–H groups in total. The minimum Gasteiger partial charge on any atom is -0.369 e. The van der Waals surface area contributed by atoms with Crippen LogP contribution in [0.15, 0.2) is 12.3 Å². The summed E-state index contributed by atoms with van der Waals surface area (Å²) in [4.78, 5) is 18.6. The van der Waals surface area contributed by atoms with Gasteiger partial charge in [-0.3, -0.25) is 4.79 Å². The monoisotopic (exact) mass is 293 g/mol. The van der Waals surface area contributed by atoms with Crippen molar-refractivity contribution in [1.29, 1.82) is 0 Å². The summed E-state index contributed by atoms with van der Waals surface area (Å²) in [5, 5.41) is 3.11. The Morgan fingerprint density at radius 3 is 2.81 bits per heavy atom. The molecule has 0 bridgehead atoms. The van der Waals surface area contributed by atoms with Gasteiger partial charge in [0.25, 0.3) is 5.91 Å². The summed E-state index contributed by atoms with van der Waals surface area (Å²) in [7, 11) is 0. The zero-order chi connectivity index (χ0) is 15.4. The van der Waals surface area contributed by atoms with Crippen molar-refractivity contribution in [2.45, 2.75) is 46.1 Å². The number of nitrogens with one attached hydrogen (secondary N) is 1. The van der Waals surface area contributed by atoms with Gasteiger partial charge in [0.2, 0.25) is 0 Å². The van der Waals surface area contributed by atoms with Gasteiger partial charge in [-0.25, -0.2) is 9.37 Å². The number of pyridine rings is 1. The molecule has 0 aliphatic heterocycles. The molecule has 4 nitrogen and oxygen atoms in total. The van der Waals surface area contributed by atoms with Gasteiger partial charge in [0.15, 0.2) is 0 Å². The average molecular weight is 293 g/mol. The van der Waals surface area contributed by atoms with Crippen molar-refractivity contribution in [3.8, 4) is 0 Å². The van der Waals surface area contributed by atoms with E-state index in [0.29, 0.717) is 23.8 Å². The summed E-state index contributed by atoms with van der Waals surface area (Å²) in [5.41, 5.74) is 0.331. The number of hydrogen-bond acceptors (Lipinski definition) is 3. The van der Waals surface area contributed by atoms with Crippen molar-refractivity contribution in [2.24, 2.45) is 5.92 Å². The Balaban J connectivity index is 2.23. The van der Waals surface area contributed by atoms with Gasteiger partial charge in [-0.2, -0.15) is 0 Å². The molecule has 1 aromatic heterocycles. The number of aromatic nitrogens is 1. The molecule has 0 spiro atoms. The SMILES string of the molecule is CCCNc1ncc(F)cc1C(=O)N(CC1CC1)C(C)C. The Kier molecular flexibility index (Phi) is 5.15. The van der Waals surface area contributed by atoms with Gasteiger partial charge in [-0.1, -0.05) is 6.92 Å². The first kappa shape index (κ1) is 15.7. The Morgan fingerprint density at radius 1 is 1.52 bits per heavy atom. The normalized spacial score (nSPS) is 14.3. The van der Waals surface area contributed by atoms with Crippen LogP contribution in [-0.2, 0) is 0 Å². The molecule has 0 aromatic carbocycles. The molecule has 1 amide bonds. The molecule has 1 aliphatic carbocycles. The highest BCUT2D eigenvalue weighted by atomic mass is 19.1. The van der Waals surface area contributed by atoms with E-state index in [2.05, 4.69) is 10.3 Å². The van der Waals surface area contributed by atoms with E-state index in [9.17, 15) is 9.18 Å². The van der Waals surface area contributed by atoms with E-state index in [1.165, 1.54) is 18.9 Å². The molecule has 1 saturated carbocycles. The zero-order valence-electron chi connectivity index (χ0n) is 13.0. The molecule has 0 unspecified atom stereocenters. The van der Waals surface area contributed by atoms with Crippen LogP contribution in [0.3, 0.4) is 0 Å². The van der Waals surface area contributed by atoms with Gasteiger partial charge in [0.1, 0.15) is 11.6 Å². The highest BCUT2D eigenvalue weighted by Crippen LogP contribution is 2.31. The number of hydrogen-bond donors (Lipinski definition) is 1. The predicted octanol–water partition coefficient (Wildman–Crippen LogP) is 3.30. The lowest BCUT2D eigenvalue weighted by atomic mass is 10.1.